The van der Waals surface area contributed by atoms with Gasteiger partial charge in [0.2, 0.25) is 0 Å². The molecule has 0 aliphatic heterocycles. The number of ketones is 1. The lowest BCUT2D eigenvalue weighted by Crippen LogP contribution is -2.27. The molecule has 0 spiro atoms. The zero-order valence-electron chi connectivity index (χ0n) is 12.0. The molecule has 0 saturated carbocycles. The van der Waals surface area contributed by atoms with Crippen LogP contribution in [0.15, 0.2) is 53.0 Å². The lowest BCUT2D eigenvalue weighted by atomic mass is 9.89. The van der Waals surface area contributed by atoms with E-state index in [1.54, 1.807) is 12.1 Å². The Balaban J connectivity index is 2.15. The van der Waals surface area contributed by atoms with Gasteiger partial charge in [-0.25, -0.2) is 4.57 Å². The molecule has 4 N–H and O–H groups in total. The normalized spacial score (nSPS) is 19.7. The number of aromatic hydroxyl groups is 1. The summed E-state index contributed by atoms with van der Waals surface area (Å²) in [5.74, 6) is -1.83. The number of aryl methyl sites for hydroxylation is 1. The van der Waals surface area contributed by atoms with Gasteiger partial charge in [0.25, 0.3) is 0 Å². The van der Waals surface area contributed by atoms with Gasteiger partial charge in [-0.3, -0.25) is 4.79 Å². The molecule has 0 fully saturated rings. The first-order chi connectivity index (χ1) is 10.8. The highest BCUT2D eigenvalue weighted by molar-refractivity contribution is 7.50. The molecule has 8 heteroatoms. The number of carbonyl (C=O) groups is 1. The van der Waals surface area contributed by atoms with E-state index in [-0.39, 0.29) is 23.6 Å². The summed E-state index contributed by atoms with van der Waals surface area (Å²) in [4.78, 5) is 30.2. The maximum atomic E-state index is 12.3. The van der Waals surface area contributed by atoms with E-state index in [0.29, 0.717) is 6.42 Å². The van der Waals surface area contributed by atoms with Crippen LogP contribution >= 0.6 is 7.75 Å². The van der Waals surface area contributed by atoms with E-state index in [1.165, 1.54) is 30.4 Å². The monoisotopic (exact) mass is 337 g/mol. The molecule has 0 radical (unpaired) electrons. The third kappa shape index (κ3) is 4.89. The van der Waals surface area contributed by atoms with Gasteiger partial charge in [0.1, 0.15) is 23.2 Å². The van der Waals surface area contributed by atoms with Gasteiger partial charge in [0.05, 0.1) is 5.71 Å². The van der Waals surface area contributed by atoms with Crippen LogP contribution in [0.25, 0.3) is 0 Å². The number of Topliss-reactive ketones (excluding diaryl/α,β-unsaturated/α-hetero) is 1. The van der Waals surface area contributed by atoms with Crippen LogP contribution in [0.1, 0.15) is 12.0 Å². The molecule has 23 heavy (non-hydrogen) atoms. The number of nitrogens with zero attached hydrogens (tertiary/aromatic N) is 1. The van der Waals surface area contributed by atoms with Gasteiger partial charge in [-0.05, 0) is 36.3 Å². The minimum atomic E-state index is -4.71. The van der Waals surface area contributed by atoms with Crippen LogP contribution in [0.4, 0.5) is 0 Å². The summed E-state index contributed by atoms with van der Waals surface area (Å²) < 4.78 is 14.2. The predicted octanol–water partition coefficient (Wildman–Crippen LogP) is 2.06. The molecule has 1 aromatic carbocycles. The Labute approximate surface area is 132 Å². The van der Waals surface area contributed by atoms with E-state index in [0.717, 1.165) is 5.56 Å². The molecule has 1 atom stereocenters. The average molecular weight is 337 g/mol. The summed E-state index contributed by atoms with van der Waals surface area (Å²) in [6.45, 7) is 0. The fourth-order valence-corrected chi connectivity index (χ4v) is 2.77. The van der Waals surface area contributed by atoms with Gasteiger partial charge in [0, 0.05) is 6.42 Å². The Morgan fingerprint density at radius 2 is 2.00 bits per heavy atom. The van der Waals surface area contributed by atoms with E-state index >= 15 is 0 Å². The Morgan fingerprint density at radius 1 is 1.26 bits per heavy atom. The van der Waals surface area contributed by atoms with E-state index in [2.05, 4.69) is 4.76 Å². The second kappa shape index (κ2) is 6.91. The molecule has 1 unspecified atom stereocenters. The van der Waals surface area contributed by atoms with Crippen molar-refractivity contribution >= 4 is 19.2 Å². The molecule has 1 aliphatic rings. The first kappa shape index (κ1) is 17.1. The first-order valence-electron chi connectivity index (χ1n) is 6.80. The van der Waals surface area contributed by atoms with Crippen LogP contribution in [0.3, 0.4) is 0 Å². The second-order valence-electron chi connectivity index (χ2n) is 5.06. The van der Waals surface area contributed by atoms with Crippen LogP contribution in [0.2, 0.25) is 0 Å². The highest BCUT2D eigenvalue weighted by Crippen LogP contribution is 2.38. The van der Waals surface area contributed by atoms with Crippen LogP contribution in [0, 0.1) is 5.92 Å². The van der Waals surface area contributed by atoms with Crippen molar-refractivity contribution in [2.45, 2.75) is 12.8 Å². The quantitative estimate of drug-likeness (QED) is 0.609. The zero-order valence-corrected chi connectivity index (χ0v) is 12.9. The van der Waals surface area contributed by atoms with Gasteiger partial charge in [-0.15, -0.1) is 0 Å². The summed E-state index contributed by atoms with van der Waals surface area (Å²) in [5, 5.41) is 19.3. The van der Waals surface area contributed by atoms with Gasteiger partial charge in [0.15, 0.2) is 0 Å². The average Bonchev–Trinajstić information content (AvgIpc) is 2.43. The number of allylic oxidation sites excluding steroid dienone is 4. The molecule has 122 valence electrons. The molecule has 0 bridgehead atoms. The third-order valence-corrected chi connectivity index (χ3v) is 3.76. The molecule has 2 rings (SSSR count). The Bertz CT molecular complexity index is 746. The summed E-state index contributed by atoms with van der Waals surface area (Å²) in [6, 6.07) is 6.43. The number of rotatable bonds is 5. The number of aliphatic hydroxyl groups excluding tert-OH is 1. The lowest BCUT2D eigenvalue weighted by Gasteiger charge is -2.18. The molecule has 0 saturated heterocycles. The molecule has 7 nitrogen and oxygen atoms in total. The number of hydrogen-bond acceptors (Lipinski definition) is 4. The fourth-order valence-electron chi connectivity index (χ4n) is 2.28. The summed E-state index contributed by atoms with van der Waals surface area (Å²) in [5.41, 5.74) is 0.570. The molecule has 1 aromatic rings. The SMILES string of the molecule is O=C(CCc1cccc(O)c1)C1C(O)=CC=CC1=NP(=O)(O)O. The number of aliphatic hydroxyl groups is 1. The number of phenolic OH excluding ortho intramolecular Hbond substituents is 1. The second-order valence-corrected chi connectivity index (χ2v) is 6.28. The Kier molecular flexibility index (Phi) is 5.15. The van der Waals surface area contributed by atoms with Crippen LogP contribution in [-0.4, -0.2) is 31.5 Å². The van der Waals surface area contributed by atoms with Crippen molar-refractivity contribution in [3.05, 3.63) is 53.8 Å². The number of carbonyl (C=O) groups excluding carboxylic acids is 1. The number of phenols is 1. The van der Waals surface area contributed by atoms with Crippen molar-refractivity contribution in [2.75, 3.05) is 0 Å². The molecular formula is C15H16NO6P. The van der Waals surface area contributed by atoms with Gasteiger partial charge < -0.3 is 20.0 Å². The van der Waals surface area contributed by atoms with Crippen molar-refractivity contribution in [2.24, 2.45) is 10.7 Å². The third-order valence-electron chi connectivity index (χ3n) is 3.26. The predicted molar refractivity (Wildman–Crippen MR) is 84.3 cm³/mol. The van der Waals surface area contributed by atoms with Crippen molar-refractivity contribution in [3.8, 4) is 5.75 Å². The minimum Gasteiger partial charge on any atom is -0.511 e. The van der Waals surface area contributed by atoms with E-state index < -0.39 is 19.4 Å². The summed E-state index contributed by atoms with van der Waals surface area (Å²) in [6.07, 6.45) is 4.29. The smallest absolute Gasteiger partial charge is 0.448 e. The van der Waals surface area contributed by atoms with Crippen LogP contribution in [-0.2, 0) is 15.8 Å². The Morgan fingerprint density at radius 3 is 2.65 bits per heavy atom. The van der Waals surface area contributed by atoms with E-state index in [1.807, 2.05) is 0 Å². The number of hydrogen-bond donors (Lipinski definition) is 4. The summed E-state index contributed by atoms with van der Waals surface area (Å²) >= 11 is 0. The van der Waals surface area contributed by atoms with E-state index in [4.69, 9.17) is 9.79 Å². The first-order valence-corrected chi connectivity index (χ1v) is 8.36. The highest BCUT2D eigenvalue weighted by Gasteiger charge is 2.30. The maximum Gasteiger partial charge on any atom is 0.448 e. The molecule has 1 aliphatic carbocycles. The topological polar surface area (TPSA) is 127 Å². The molecule has 0 amide bonds. The zero-order chi connectivity index (χ0) is 17.0. The van der Waals surface area contributed by atoms with Gasteiger partial charge >= 0.3 is 7.75 Å². The van der Waals surface area contributed by atoms with Gasteiger partial charge in [-0.2, -0.15) is 4.76 Å². The number of benzene rings is 1. The standard InChI is InChI=1S/C15H16NO6P/c17-11-4-1-3-10(9-11)7-8-14(19)15-12(16-23(20,21)22)5-2-6-13(15)18/h1-6,9,15,17-18H,7-8H2,(H2,20,21,22). The minimum absolute atomic E-state index is 0.0278. The largest absolute Gasteiger partial charge is 0.511 e. The molecular weight excluding hydrogens is 321 g/mol. The lowest BCUT2D eigenvalue weighted by molar-refractivity contribution is -0.120. The van der Waals surface area contributed by atoms with Crippen molar-refractivity contribution in [1.29, 1.82) is 0 Å². The molecule has 0 heterocycles. The Hall–Kier alpha value is -2.21. The fraction of sp³-hybridized carbons (Fsp3) is 0.200. The highest BCUT2D eigenvalue weighted by atomic mass is 31.2. The molecule has 0 aromatic heterocycles. The van der Waals surface area contributed by atoms with E-state index in [9.17, 15) is 19.6 Å². The van der Waals surface area contributed by atoms with Crippen molar-refractivity contribution in [1.82, 2.24) is 0 Å². The van der Waals surface area contributed by atoms with Crippen LogP contribution in [0.5, 0.6) is 5.75 Å². The van der Waals surface area contributed by atoms with Crippen LogP contribution < -0.4 is 0 Å². The van der Waals surface area contributed by atoms with Gasteiger partial charge in [-0.1, -0.05) is 18.2 Å². The van der Waals surface area contributed by atoms with Crippen molar-refractivity contribution in [3.63, 3.8) is 0 Å². The summed E-state index contributed by atoms with van der Waals surface area (Å²) in [7, 11) is -4.71. The van der Waals surface area contributed by atoms with Crippen molar-refractivity contribution < 1.29 is 29.4 Å². The maximum absolute atomic E-state index is 12.3.